The Morgan fingerprint density at radius 1 is 0.278 bits per heavy atom. The van der Waals surface area contributed by atoms with Gasteiger partial charge in [-0.05, 0) is 100 Å². The molecule has 0 spiro atoms. The lowest BCUT2D eigenvalue weighted by Gasteiger charge is -2.27. The van der Waals surface area contributed by atoms with E-state index in [1.165, 1.54) is 101 Å². The smallest absolute Gasteiger partial charge is 0.0640 e. The predicted molar refractivity (Wildman–Crippen MR) is 237 cm³/mol. The number of thiophene rings is 1. The Balaban J connectivity index is 1.19. The third-order valence-electron chi connectivity index (χ3n) is 11.6. The molecule has 0 N–H and O–H groups in total. The molecule has 0 radical (unpaired) electrons. The van der Waals surface area contributed by atoms with Crippen molar-refractivity contribution >= 4 is 124 Å². The zero-order valence-electron chi connectivity index (χ0n) is 29.3. The van der Waals surface area contributed by atoms with Crippen molar-refractivity contribution < 1.29 is 0 Å². The third-order valence-corrected chi connectivity index (χ3v) is 12.8. The summed E-state index contributed by atoms with van der Waals surface area (Å²) in [6.07, 6.45) is 0. The first kappa shape index (κ1) is 29.8. The van der Waals surface area contributed by atoms with Crippen molar-refractivity contribution in [1.82, 2.24) is 0 Å². The maximum absolute atomic E-state index is 2.50. The molecule has 0 amide bonds. The van der Waals surface area contributed by atoms with Crippen molar-refractivity contribution in [3.63, 3.8) is 0 Å². The molecule has 0 aliphatic carbocycles. The Morgan fingerprint density at radius 3 is 1.44 bits per heavy atom. The van der Waals surface area contributed by atoms with E-state index < -0.39 is 0 Å². The van der Waals surface area contributed by atoms with Crippen LogP contribution in [0.25, 0.3) is 95.6 Å². The van der Waals surface area contributed by atoms with E-state index in [-0.39, 0.29) is 0 Å². The first-order chi connectivity index (χ1) is 26.8. The lowest BCUT2D eigenvalue weighted by Crippen LogP contribution is -2.10. The second-order valence-corrected chi connectivity index (χ2v) is 15.4. The van der Waals surface area contributed by atoms with Gasteiger partial charge in [0.05, 0.1) is 10.4 Å². The highest BCUT2D eigenvalue weighted by Crippen LogP contribution is 2.50. The molecule has 11 aromatic carbocycles. The molecule has 250 valence electrons. The number of fused-ring (bicyclic) bond motifs is 17. The highest BCUT2D eigenvalue weighted by Gasteiger charge is 2.22. The number of anilines is 3. The van der Waals surface area contributed by atoms with Gasteiger partial charge in [0.1, 0.15) is 0 Å². The van der Waals surface area contributed by atoms with Crippen LogP contribution in [0.1, 0.15) is 0 Å². The van der Waals surface area contributed by atoms with Gasteiger partial charge in [-0.1, -0.05) is 158 Å². The number of hydrogen-bond donors (Lipinski definition) is 0. The number of rotatable bonds is 3. The summed E-state index contributed by atoms with van der Waals surface area (Å²) >= 11 is 1.92. The minimum atomic E-state index is 1.14. The minimum absolute atomic E-state index is 1.14. The van der Waals surface area contributed by atoms with Gasteiger partial charge in [-0.2, -0.15) is 0 Å². The summed E-state index contributed by atoms with van der Waals surface area (Å²) in [5, 5.41) is 20.6. The molecule has 1 heterocycles. The zero-order valence-corrected chi connectivity index (χ0v) is 30.1. The topological polar surface area (TPSA) is 3.24 Å². The minimum Gasteiger partial charge on any atom is -0.309 e. The molecule has 0 fully saturated rings. The molecular weight excluding hydrogens is 671 g/mol. The molecule has 0 bridgehead atoms. The van der Waals surface area contributed by atoms with Crippen LogP contribution in [-0.4, -0.2) is 0 Å². The SMILES string of the molecule is c1ccc2c(c1)ccc1cc(N(c3ccc4c5ccccc5c5ccccc5c4c3)c3cccc4c3sc3c5ccccc5c5ccccc5c43)ccc12. The van der Waals surface area contributed by atoms with E-state index in [9.17, 15) is 0 Å². The third kappa shape index (κ3) is 4.20. The Bertz CT molecular complexity index is 3480. The fourth-order valence-corrected chi connectivity index (χ4v) is 10.5. The quantitative estimate of drug-likeness (QED) is 0.166. The summed E-state index contributed by atoms with van der Waals surface area (Å²) < 4.78 is 2.63. The van der Waals surface area contributed by atoms with Crippen molar-refractivity contribution in [1.29, 1.82) is 0 Å². The normalized spacial score (nSPS) is 12.1. The molecule has 1 nitrogen and oxygen atoms in total. The van der Waals surface area contributed by atoms with Crippen LogP contribution in [0.15, 0.2) is 188 Å². The van der Waals surface area contributed by atoms with Crippen LogP contribution in [0.5, 0.6) is 0 Å². The lowest BCUT2D eigenvalue weighted by atomic mass is 9.94. The Labute approximate surface area is 315 Å². The molecule has 0 aliphatic rings. The summed E-state index contributed by atoms with van der Waals surface area (Å²) in [6.45, 7) is 0. The average Bonchev–Trinajstić information content (AvgIpc) is 3.65. The first-order valence-electron chi connectivity index (χ1n) is 18.6. The molecule has 12 aromatic rings. The van der Waals surface area contributed by atoms with Gasteiger partial charge in [-0.3, -0.25) is 0 Å². The monoisotopic (exact) mass is 701 g/mol. The van der Waals surface area contributed by atoms with Gasteiger partial charge in [-0.25, -0.2) is 0 Å². The maximum Gasteiger partial charge on any atom is 0.0640 e. The van der Waals surface area contributed by atoms with E-state index in [0.29, 0.717) is 0 Å². The van der Waals surface area contributed by atoms with Gasteiger partial charge in [-0.15, -0.1) is 11.3 Å². The number of benzene rings is 11. The lowest BCUT2D eigenvalue weighted by molar-refractivity contribution is 1.32. The van der Waals surface area contributed by atoms with Crippen LogP contribution in [0.2, 0.25) is 0 Å². The summed E-state index contributed by atoms with van der Waals surface area (Å²) in [5.74, 6) is 0. The van der Waals surface area contributed by atoms with E-state index in [0.717, 1.165) is 11.4 Å². The van der Waals surface area contributed by atoms with E-state index >= 15 is 0 Å². The average molecular weight is 702 g/mol. The molecular formula is C52H31NS. The molecule has 0 aliphatic heterocycles. The van der Waals surface area contributed by atoms with Crippen LogP contribution < -0.4 is 4.90 Å². The highest BCUT2D eigenvalue weighted by atomic mass is 32.1. The first-order valence-corrected chi connectivity index (χ1v) is 19.4. The fourth-order valence-electron chi connectivity index (χ4n) is 9.19. The Kier molecular flexibility index (Phi) is 6.28. The second-order valence-electron chi connectivity index (χ2n) is 14.4. The summed E-state index contributed by atoms with van der Waals surface area (Å²) in [4.78, 5) is 2.50. The van der Waals surface area contributed by atoms with Gasteiger partial charge in [0.2, 0.25) is 0 Å². The van der Waals surface area contributed by atoms with E-state index in [4.69, 9.17) is 0 Å². The molecule has 12 rings (SSSR count). The molecule has 0 saturated carbocycles. The Morgan fingerprint density at radius 2 is 0.741 bits per heavy atom. The maximum atomic E-state index is 2.50. The molecule has 0 unspecified atom stereocenters. The van der Waals surface area contributed by atoms with Gasteiger partial charge < -0.3 is 4.90 Å². The van der Waals surface area contributed by atoms with Crippen LogP contribution >= 0.6 is 11.3 Å². The van der Waals surface area contributed by atoms with Gasteiger partial charge in [0.25, 0.3) is 0 Å². The van der Waals surface area contributed by atoms with Gasteiger partial charge in [0, 0.05) is 32.2 Å². The number of nitrogens with zero attached hydrogens (tertiary/aromatic N) is 1. The number of hydrogen-bond acceptors (Lipinski definition) is 2. The van der Waals surface area contributed by atoms with Crippen molar-refractivity contribution in [2.45, 2.75) is 0 Å². The fraction of sp³-hybridized carbons (Fsp3) is 0. The van der Waals surface area contributed by atoms with Crippen molar-refractivity contribution in [2.75, 3.05) is 4.90 Å². The van der Waals surface area contributed by atoms with Crippen molar-refractivity contribution in [3.05, 3.63) is 188 Å². The zero-order chi connectivity index (χ0) is 35.3. The largest absolute Gasteiger partial charge is 0.309 e. The predicted octanol–water partition coefficient (Wildman–Crippen LogP) is 15.6. The van der Waals surface area contributed by atoms with Crippen LogP contribution in [-0.2, 0) is 0 Å². The molecule has 1 aromatic heterocycles. The van der Waals surface area contributed by atoms with E-state index in [1.807, 2.05) is 11.3 Å². The van der Waals surface area contributed by atoms with Crippen molar-refractivity contribution in [3.8, 4) is 0 Å². The Hall–Kier alpha value is -6.74. The summed E-state index contributed by atoms with van der Waals surface area (Å²) in [5.41, 5.74) is 3.47. The summed E-state index contributed by atoms with van der Waals surface area (Å²) in [6, 6.07) is 69.7. The molecule has 2 heteroatoms. The standard InChI is InChI=1S/C52H31NS/c1-2-13-36-32(12-1)24-25-33-30-34(26-28-37(33)36)53(35-27-29-44-40-16-4-3-14-38(40)39-15-5-6-19-43(39)48(44)31-35)49-23-11-22-47-50-45-20-9-7-17-41(45)42-18-8-10-21-46(42)52(50)54-51(47)49/h1-31H. The molecule has 0 atom stereocenters. The summed E-state index contributed by atoms with van der Waals surface area (Å²) in [7, 11) is 0. The molecule has 0 saturated heterocycles. The highest BCUT2D eigenvalue weighted by molar-refractivity contribution is 7.27. The van der Waals surface area contributed by atoms with E-state index in [2.05, 4.69) is 193 Å². The van der Waals surface area contributed by atoms with Gasteiger partial charge >= 0.3 is 0 Å². The van der Waals surface area contributed by atoms with Crippen LogP contribution in [0.3, 0.4) is 0 Å². The van der Waals surface area contributed by atoms with Crippen LogP contribution in [0.4, 0.5) is 17.1 Å². The van der Waals surface area contributed by atoms with Crippen molar-refractivity contribution in [2.24, 2.45) is 0 Å². The van der Waals surface area contributed by atoms with Crippen LogP contribution in [0, 0.1) is 0 Å². The molecule has 54 heavy (non-hydrogen) atoms. The van der Waals surface area contributed by atoms with Gasteiger partial charge in [0.15, 0.2) is 0 Å². The van der Waals surface area contributed by atoms with E-state index in [1.54, 1.807) is 0 Å². The second kappa shape index (κ2) is 11.4.